The predicted octanol–water partition coefficient (Wildman–Crippen LogP) is 2.15. The number of rotatable bonds is 5. The average molecular weight is 416 g/mol. The summed E-state index contributed by atoms with van der Waals surface area (Å²) in [7, 11) is 4.05. The molecular weight excluding hydrogens is 378 g/mol. The molecule has 0 unspecified atom stereocenters. The Bertz CT molecular complexity index is 713. The van der Waals surface area contributed by atoms with Crippen molar-refractivity contribution < 1.29 is 14.6 Å². The summed E-state index contributed by atoms with van der Waals surface area (Å²) in [5, 5.41) is 9.90. The lowest BCUT2D eigenvalue weighted by atomic mass is 9.76. The first-order valence-electron chi connectivity index (χ1n) is 11.5. The maximum atomic E-state index is 12.8. The fraction of sp³-hybridized carbons (Fsp3) is 0.708. The van der Waals surface area contributed by atoms with Crippen LogP contribution in [0.25, 0.3) is 0 Å². The molecule has 3 heterocycles. The molecule has 6 heteroatoms. The highest BCUT2D eigenvalue weighted by Gasteiger charge is 2.43. The average Bonchev–Trinajstić information content (AvgIpc) is 3.10. The summed E-state index contributed by atoms with van der Waals surface area (Å²) in [5.74, 6) is 0.236. The lowest BCUT2D eigenvalue weighted by Gasteiger charge is -2.38. The summed E-state index contributed by atoms with van der Waals surface area (Å²) < 4.78 is 6.18. The first-order valence-corrected chi connectivity index (χ1v) is 11.5. The van der Waals surface area contributed by atoms with E-state index in [0.29, 0.717) is 6.42 Å². The molecule has 0 aromatic heterocycles. The molecule has 3 fully saturated rings. The van der Waals surface area contributed by atoms with Crippen LogP contribution in [0, 0.1) is 5.41 Å². The van der Waals surface area contributed by atoms with Gasteiger partial charge in [-0.3, -0.25) is 9.69 Å². The van der Waals surface area contributed by atoms with Gasteiger partial charge in [0.05, 0.1) is 25.2 Å². The molecule has 0 saturated carbocycles. The number of carbonyl (C=O) groups is 1. The van der Waals surface area contributed by atoms with E-state index in [0.717, 1.165) is 82.7 Å². The van der Waals surface area contributed by atoms with Crippen LogP contribution in [0.5, 0.6) is 0 Å². The minimum Gasteiger partial charge on any atom is -0.392 e. The second kappa shape index (κ2) is 9.25. The van der Waals surface area contributed by atoms with E-state index in [9.17, 15) is 9.90 Å². The zero-order valence-corrected chi connectivity index (χ0v) is 18.6. The summed E-state index contributed by atoms with van der Waals surface area (Å²) in [4.78, 5) is 19.3. The van der Waals surface area contributed by atoms with E-state index >= 15 is 0 Å². The van der Waals surface area contributed by atoms with Gasteiger partial charge >= 0.3 is 0 Å². The number of hydrogen-bond donors (Lipinski definition) is 1. The third-order valence-corrected chi connectivity index (χ3v) is 7.21. The number of β-amino-alcohol motifs (C(OH)–C–C–N with tert-alkyl or cyclic N) is 1. The number of nitrogens with zero attached hydrogens (tertiary/aromatic N) is 3. The highest BCUT2D eigenvalue weighted by molar-refractivity contribution is 5.79. The van der Waals surface area contributed by atoms with E-state index in [2.05, 4.69) is 34.1 Å². The van der Waals surface area contributed by atoms with Crippen LogP contribution in [-0.4, -0.2) is 86.4 Å². The SMILES string of the molecule is CN(C)c1ccc(CC(=O)N2CCC3(CC2)CO[C@H](CN2CCC[C@@H](O)C2)C3)cc1. The first-order chi connectivity index (χ1) is 14.4. The molecular formula is C24H37N3O3. The van der Waals surface area contributed by atoms with Crippen molar-refractivity contribution in [1.29, 1.82) is 0 Å². The van der Waals surface area contributed by atoms with Gasteiger partial charge in [0.15, 0.2) is 0 Å². The molecule has 0 aliphatic carbocycles. The summed E-state index contributed by atoms with van der Waals surface area (Å²) in [6.45, 7) is 5.29. The Morgan fingerprint density at radius 2 is 1.93 bits per heavy atom. The Morgan fingerprint density at radius 1 is 1.20 bits per heavy atom. The molecule has 1 spiro atoms. The minimum atomic E-state index is -0.178. The van der Waals surface area contributed by atoms with Crippen molar-refractivity contribution in [3.8, 4) is 0 Å². The van der Waals surface area contributed by atoms with E-state index in [1.165, 1.54) is 0 Å². The highest BCUT2D eigenvalue weighted by atomic mass is 16.5. The smallest absolute Gasteiger partial charge is 0.226 e. The fourth-order valence-electron chi connectivity index (χ4n) is 5.27. The molecule has 3 aliphatic heterocycles. The number of piperidine rings is 2. The maximum absolute atomic E-state index is 12.8. The van der Waals surface area contributed by atoms with Crippen LogP contribution in [0.2, 0.25) is 0 Å². The van der Waals surface area contributed by atoms with E-state index in [1.54, 1.807) is 0 Å². The zero-order valence-electron chi connectivity index (χ0n) is 18.6. The molecule has 2 atom stereocenters. The predicted molar refractivity (Wildman–Crippen MR) is 119 cm³/mol. The van der Waals surface area contributed by atoms with Gasteiger partial charge in [0.1, 0.15) is 0 Å². The largest absolute Gasteiger partial charge is 0.392 e. The van der Waals surface area contributed by atoms with Gasteiger partial charge in [-0.05, 0) is 61.8 Å². The fourth-order valence-corrected chi connectivity index (χ4v) is 5.27. The number of carbonyl (C=O) groups excluding carboxylic acids is 1. The maximum Gasteiger partial charge on any atom is 0.226 e. The highest BCUT2D eigenvalue weighted by Crippen LogP contribution is 2.42. The van der Waals surface area contributed by atoms with Crippen LogP contribution < -0.4 is 4.90 Å². The Labute approximate surface area is 180 Å². The van der Waals surface area contributed by atoms with E-state index in [-0.39, 0.29) is 23.5 Å². The lowest BCUT2D eigenvalue weighted by Crippen LogP contribution is -2.45. The molecule has 1 aromatic carbocycles. The van der Waals surface area contributed by atoms with E-state index < -0.39 is 0 Å². The Hall–Kier alpha value is -1.63. The van der Waals surface area contributed by atoms with Gasteiger partial charge < -0.3 is 19.6 Å². The van der Waals surface area contributed by atoms with Crippen molar-refractivity contribution in [2.75, 3.05) is 58.3 Å². The molecule has 0 radical (unpaired) electrons. The van der Waals surface area contributed by atoms with Gasteiger partial charge in [0, 0.05) is 46.0 Å². The second-order valence-corrected chi connectivity index (χ2v) is 9.81. The molecule has 1 aromatic rings. The summed E-state index contributed by atoms with van der Waals surface area (Å²) in [5.41, 5.74) is 2.48. The summed E-state index contributed by atoms with van der Waals surface area (Å²) in [6, 6.07) is 8.27. The molecule has 1 N–H and O–H groups in total. The van der Waals surface area contributed by atoms with Crippen LogP contribution in [0.15, 0.2) is 24.3 Å². The zero-order chi connectivity index (χ0) is 21.1. The van der Waals surface area contributed by atoms with Crippen molar-refractivity contribution in [3.63, 3.8) is 0 Å². The quantitative estimate of drug-likeness (QED) is 0.799. The topological polar surface area (TPSA) is 56.2 Å². The summed E-state index contributed by atoms with van der Waals surface area (Å²) >= 11 is 0. The van der Waals surface area contributed by atoms with Gasteiger partial charge in [0.2, 0.25) is 5.91 Å². The normalized spacial score (nSPS) is 26.8. The number of hydrogen-bond acceptors (Lipinski definition) is 5. The molecule has 3 aliphatic rings. The van der Waals surface area contributed by atoms with E-state index in [1.807, 2.05) is 19.0 Å². The number of amides is 1. The Kier molecular flexibility index (Phi) is 6.66. The van der Waals surface area contributed by atoms with Crippen LogP contribution in [0.3, 0.4) is 0 Å². The van der Waals surface area contributed by atoms with Crippen molar-refractivity contribution in [1.82, 2.24) is 9.80 Å². The van der Waals surface area contributed by atoms with Gasteiger partial charge in [-0.15, -0.1) is 0 Å². The van der Waals surface area contributed by atoms with Crippen molar-refractivity contribution in [3.05, 3.63) is 29.8 Å². The number of anilines is 1. The number of likely N-dealkylation sites (tertiary alicyclic amines) is 2. The number of aliphatic hydroxyl groups excluding tert-OH is 1. The lowest BCUT2D eigenvalue weighted by molar-refractivity contribution is -0.132. The molecule has 3 saturated heterocycles. The van der Waals surface area contributed by atoms with Crippen LogP contribution in [-0.2, 0) is 16.0 Å². The molecule has 30 heavy (non-hydrogen) atoms. The monoisotopic (exact) mass is 415 g/mol. The van der Waals surface area contributed by atoms with Gasteiger partial charge in [-0.25, -0.2) is 0 Å². The Balaban J connectivity index is 1.24. The van der Waals surface area contributed by atoms with Crippen LogP contribution in [0.4, 0.5) is 5.69 Å². The number of ether oxygens (including phenoxy) is 1. The van der Waals surface area contributed by atoms with Crippen LogP contribution in [0.1, 0.15) is 37.7 Å². The second-order valence-electron chi connectivity index (χ2n) is 9.81. The summed E-state index contributed by atoms with van der Waals surface area (Å²) in [6.07, 6.45) is 5.75. The minimum absolute atomic E-state index is 0.178. The van der Waals surface area contributed by atoms with Gasteiger partial charge in [0.25, 0.3) is 0 Å². The molecule has 1 amide bonds. The standard InChI is InChI=1S/C24H37N3O3/c1-25(2)20-7-5-19(6-8-20)14-23(29)27-12-9-24(10-13-27)15-22(30-18-24)17-26-11-3-4-21(28)16-26/h5-8,21-22,28H,3-4,9-18H2,1-2H3/t21-,22+/m1/s1. The Morgan fingerprint density at radius 3 is 2.60 bits per heavy atom. The third-order valence-electron chi connectivity index (χ3n) is 7.21. The third kappa shape index (κ3) is 5.16. The van der Waals surface area contributed by atoms with Crippen molar-refractivity contribution in [2.45, 2.75) is 50.7 Å². The van der Waals surface area contributed by atoms with Gasteiger partial charge in [-0.2, -0.15) is 0 Å². The number of aliphatic hydroxyl groups is 1. The molecule has 4 rings (SSSR count). The molecule has 0 bridgehead atoms. The number of benzene rings is 1. The first kappa shape index (κ1) is 21.6. The van der Waals surface area contributed by atoms with Gasteiger partial charge in [-0.1, -0.05) is 12.1 Å². The van der Waals surface area contributed by atoms with E-state index in [4.69, 9.17) is 4.74 Å². The molecule has 166 valence electrons. The molecule has 6 nitrogen and oxygen atoms in total. The van der Waals surface area contributed by atoms with Crippen molar-refractivity contribution >= 4 is 11.6 Å². The van der Waals surface area contributed by atoms with Crippen molar-refractivity contribution in [2.24, 2.45) is 5.41 Å². The van der Waals surface area contributed by atoms with Crippen LogP contribution >= 0.6 is 0 Å².